The molecule has 1 aliphatic carbocycles. The molecule has 0 amide bonds. The molecular formula is C20H24N4O3S. The SMILES string of the molecule is CCCc1ccc(S(=O)(=O)NC2CCC(Oc3nccnc3C#N)CC2)cc1. The highest BCUT2D eigenvalue weighted by Gasteiger charge is 2.27. The topological polar surface area (TPSA) is 105 Å². The molecule has 1 aliphatic rings. The van der Waals surface area contributed by atoms with Crippen LogP contribution in [0.25, 0.3) is 0 Å². The van der Waals surface area contributed by atoms with Gasteiger partial charge in [-0.2, -0.15) is 5.26 Å². The fourth-order valence-electron chi connectivity index (χ4n) is 3.36. The van der Waals surface area contributed by atoms with Crippen LogP contribution in [0.4, 0.5) is 0 Å². The molecule has 1 N–H and O–H groups in total. The number of nitrogens with one attached hydrogen (secondary N) is 1. The van der Waals surface area contributed by atoms with Crippen LogP contribution in [0.15, 0.2) is 41.6 Å². The van der Waals surface area contributed by atoms with E-state index in [2.05, 4.69) is 21.6 Å². The molecule has 148 valence electrons. The molecule has 28 heavy (non-hydrogen) atoms. The highest BCUT2D eigenvalue weighted by Crippen LogP contribution is 2.25. The van der Waals surface area contributed by atoms with Gasteiger partial charge in [0.1, 0.15) is 12.2 Å². The van der Waals surface area contributed by atoms with Crippen molar-refractivity contribution in [2.75, 3.05) is 0 Å². The van der Waals surface area contributed by atoms with Gasteiger partial charge >= 0.3 is 0 Å². The lowest BCUT2D eigenvalue weighted by Gasteiger charge is -2.29. The summed E-state index contributed by atoms with van der Waals surface area (Å²) in [6.45, 7) is 2.09. The van der Waals surface area contributed by atoms with Gasteiger partial charge in [-0.05, 0) is 49.8 Å². The molecule has 1 heterocycles. The Morgan fingerprint density at radius 1 is 1.14 bits per heavy atom. The van der Waals surface area contributed by atoms with Crippen molar-refractivity contribution in [1.82, 2.24) is 14.7 Å². The number of benzene rings is 1. The van der Waals surface area contributed by atoms with Crippen molar-refractivity contribution < 1.29 is 13.2 Å². The van der Waals surface area contributed by atoms with Gasteiger partial charge < -0.3 is 4.74 Å². The minimum atomic E-state index is -3.53. The van der Waals surface area contributed by atoms with Crippen LogP contribution in [-0.2, 0) is 16.4 Å². The fourth-order valence-corrected chi connectivity index (χ4v) is 4.66. The minimum Gasteiger partial charge on any atom is -0.472 e. The summed E-state index contributed by atoms with van der Waals surface area (Å²) in [5.41, 5.74) is 1.30. The number of hydrogen-bond acceptors (Lipinski definition) is 6. The summed E-state index contributed by atoms with van der Waals surface area (Å²) in [6.07, 6.45) is 7.51. The van der Waals surface area contributed by atoms with Crippen molar-refractivity contribution >= 4 is 10.0 Å². The van der Waals surface area contributed by atoms with Crippen LogP contribution >= 0.6 is 0 Å². The molecule has 1 aromatic heterocycles. The van der Waals surface area contributed by atoms with Gasteiger partial charge in [-0.15, -0.1) is 0 Å². The third-order valence-electron chi connectivity index (χ3n) is 4.82. The van der Waals surface area contributed by atoms with Gasteiger partial charge in [-0.1, -0.05) is 25.5 Å². The van der Waals surface area contributed by atoms with Crippen LogP contribution in [0.5, 0.6) is 5.88 Å². The molecule has 7 nitrogen and oxygen atoms in total. The lowest BCUT2D eigenvalue weighted by Crippen LogP contribution is -2.39. The first-order chi connectivity index (χ1) is 13.5. The van der Waals surface area contributed by atoms with E-state index in [0.717, 1.165) is 18.4 Å². The highest BCUT2D eigenvalue weighted by molar-refractivity contribution is 7.89. The van der Waals surface area contributed by atoms with Gasteiger partial charge in [0, 0.05) is 18.4 Å². The van der Waals surface area contributed by atoms with Gasteiger partial charge in [0.25, 0.3) is 5.88 Å². The van der Waals surface area contributed by atoms with Gasteiger partial charge in [0.05, 0.1) is 4.90 Å². The standard InChI is InChI=1S/C20H24N4O3S/c1-2-3-15-4-10-18(11-5-15)28(25,26)24-16-6-8-17(9-7-16)27-20-19(14-21)22-12-13-23-20/h4-5,10-13,16-17,24H,2-3,6-9H2,1H3. The van der Waals surface area contributed by atoms with Gasteiger partial charge in [-0.3, -0.25) is 0 Å². The quantitative estimate of drug-likeness (QED) is 0.766. The Morgan fingerprint density at radius 2 is 1.82 bits per heavy atom. The number of rotatable bonds is 7. The summed E-state index contributed by atoms with van der Waals surface area (Å²) in [4.78, 5) is 8.30. The molecule has 0 radical (unpaired) electrons. The Morgan fingerprint density at radius 3 is 2.46 bits per heavy atom. The zero-order valence-corrected chi connectivity index (χ0v) is 16.7. The average molecular weight is 401 g/mol. The first kappa shape index (κ1) is 20.2. The Hall–Kier alpha value is -2.50. The maximum atomic E-state index is 12.6. The smallest absolute Gasteiger partial charge is 0.251 e. The highest BCUT2D eigenvalue weighted by atomic mass is 32.2. The number of sulfonamides is 1. The van der Waals surface area contributed by atoms with E-state index in [-0.39, 0.29) is 23.7 Å². The second-order valence-electron chi connectivity index (χ2n) is 6.93. The zero-order chi connectivity index (χ0) is 20.0. The summed E-state index contributed by atoms with van der Waals surface area (Å²) < 4.78 is 33.9. The van der Waals surface area contributed by atoms with Gasteiger partial charge in [0.2, 0.25) is 15.7 Å². The van der Waals surface area contributed by atoms with E-state index in [1.165, 1.54) is 12.4 Å². The van der Waals surface area contributed by atoms with Crippen LogP contribution in [0, 0.1) is 11.3 Å². The number of nitriles is 1. The van der Waals surface area contributed by atoms with E-state index in [1.807, 2.05) is 18.2 Å². The Kier molecular flexibility index (Phi) is 6.60. The maximum Gasteiger partial charge on any atom is 0.251 e. The molecule has 3 rings (SSSR count). The van der Waals surface area contributed by atoms with Crippen LogP contribution in [0.3, 0.4) is 0 Å². The molecule has 8 heteroatoms. The predicted molar refractivity (Wildman–Crippen MR) is 104 cm³/mol. The maximum absolute atomic E-state index is 12.6. The third kappa shape index (κ3) is 5.06. The average Bonchev–Trinajstić information content (AvgIpc) is 2.70. The molecule has 1 aromatic carbocycles. The molecule has 0 bridgehead atoms. The normalized spacial score (nSPS) is 19.7. The first-order valence-corrected chi connectivity index (χ1v) is 11.0. The predicted octanol–water partition coefficient (Wildman–Crippen LogP) is 2.97. The summed E-state index contributed by atoms with van der Waals surface area (Å²) in [6, 6.07) is 8.91. The van der Waals surface area contributed by atoms with E-state index in [1.54, 1.807) is 12.1 Å². The molecule has 0 aliphatic heterocycles. The van der Waals surface area contributed by atoms with Crippen molar-refractivity contribution in [1.29, 1.82) is 5.26 Å². The Labute approximate surface area is 165 Å². The monoisotopic (exact) mass is 400 g/mol. The second-order valence-corrected chi connectivity index (χ2v) is 8.64. The fraction of sp³-hybridized carbons (Fsp3) is 0.450. The number of aryl methyl sites for hydroxylation is 1. The van der Waals surface area contributed by atoms with Crippen molar-refractivity contribution in [2.24, 2.45) is 0 Å². The molecule has 0 unspecified atom stereocenters. The number of hydrogen-bond donors (Lipinski definition) is 1. The molecule has 0 saturated heterocycles. The molecule has 0 spiro atoms. The van der Waals surface area contributed by atoms with Crippen molar-refractivity contribution in [3.8, 4) is 11.9 Å². The number of aromatic nitrogens is 2. The summed E-state index contributed by atoms with van der Waals surface area (Å²) in [5, 5.41) is 9.06. The van der Waals surface area contributed by atoms with Crippen molar-refractivity contribution in [3.05, 3.63) is 47.9 Å². The Bertz CT molecular complexity index is 931. The number of nitrogens with zero attached hydrogens (tertiary/aromatic N) is 3. The van der Waals surface area contributed by atoms with Crippen LogP contribution < -0.4 is 9.46 Å². The number of ether oxygens (including phenoxy) is 1. The lowest BCUT2D eigenvalue weighted by molar-refractivity contribution is 0.137. The molecule has 1 fully saturated rings. The van der Waals surface area contributed by atoms with Crippen molar-refractivity contribution in [2.45, 2.75) is 62.5 Å². The van der Waals surface area contributed by atoms with E-state index >= 15 is 0 Å². The first-order valence-electron chi connectivity index (χ1n) is 9.51. The van der Waals surface area contributed by atoms with Gasteiger partial charge in [0.15, 0.2) is 0 Å². The lowest BCUT2D eigenvalue weighted by atomic mass is 9.94. The second kappa shape index (κ2) is 9.13. The molecule has 2 aromatic rings. The minimum absolute atomic E-state index is 0.0992. The molecular weight excluding hydrogens is 376 g/mol. The van der Waals surface area contributed by atoms with E-state index in [9.17, 15) is 8.42 Å². The van der Waals surface area contributed by atoms with Crippen molar-refractivity contribution in [3.63, 3.8) is 0 Å². The summed E-state index contributed by atoms with van der Waals surface area (Å²) in [5.74, 6) is 0.237. The Balaban J connectivity index is 1.55. The zero-order valence-electron chi connectivity index (χ0n) is 15.8. The molecule has 1 saturated carbocycles. The van der Waals surface area contributed by atoms with Crippen LogP contribution in [0.1, 0.15) is 50.3 Å². The largest absolute Gasteiger partial charge is 0.472 e. The van der Waals surface area contributed by atoms with Crippen LogP contribution in [0.2, 0.25) is 0 Å². The van der Waals surface area contributed by atoms with E-state index in [4.69, 9.17) is 10.00 Å². The summed E-state index contributed by atoms with van der Waals surface area (Å²) >= 11 is 0. The van der Waals surface area contributed by atoms with E-state index in [0.29, 0.717) is 30.6 Å². The summed E-state index contributed by atoms with van der Waals surface area (Å²) in [7, 11) is -3.53. The van der Waals surface area contributed by atoms with Crippen LogP contribution in [-0.4, -0.2) is 30.5 Å². The van der Waals surface area contributed by atoms with E-state index < -0.39 is 10.0 Å². The van der Waals surface area contributed by atoms with Gasteiger partial charge in [-0.25, -0.2) is 23.1 Å². The molecule has 0 atom stereocenters. The third-order valence-corrected chi connectivity index (χ3v) is 6.35.